The molecule has 1 aliphatic rings. The minimum atomic E-state index is 0.298. The van der Waals surface area contributed by atoms with Crippen molar-refractivity contribution in [3.8, 4) is 0 Å². The maximum Gasteiger partial charge on any atom is 0.111 e. The van der Waals surface area contributed by atoms with E-state index in [0.717, 1.165) is 13.0 Å². The molecule has 0 aliphatic carbocycles. The number of hydrogen-bond acceptors (Lipinski definition) is 2. The summed E-state index contributed by atoms with van der Waals surface area (Å²) in [4.78, 5) is 4.67. The molecule has 2 unspecified atom stereocenters. The second-order valence-electron chi connectivity index (χ2n) is 4.73. The Bertz CT molecular complexity index is 327. The van der Waals surface area contributed by atoms with Crippen LogP contribution in [0.25, 0.3) is 0 Å². The number of nitrogens with zero attached hydrogens (tertiary/aromatic N) is 2. The van der Waals surface area contributed by atoms with E-state index >= 15 is 0 Å². The second kappa shape index (κ2) is 3.39. The molecule has 0 bridgehead atoms. The van der Waals surface area contributed by atoms with Gasteiger partial charge >= 0.3 is 0 Å². The van der Waals surface area contributed by atoms with E-state index in [0.29, 0.717) is 17.9 Å². The Hall–Kier alpha value is -0.830. The summed E-state index contributed by atoms with van der Waals surface area (Å²) >= 11 is 0. The zero-order chi connectivity index (χ0) is 10.3. The van der Waals surface area contributed by atoms with Crippen LogP contribution in [0.5, 0.6) is 0 Å². The monoisotopic (exact) mass is 193 g/mol. The fourth-order valence-electron chi connectivity index (χ4n) is 2.16. The van der Waals surface area contributed by atoms with Gasteiger partial charge in [0.05, 0.1) is 5.69 Å². The smallest absolute Gasteiger partial charge is 0.111 e. The zero-order valence-electron chi connectivity index (χ0n) is 9.20. The van der Waals surface area contributed by atoms with E-state index in [1.54, 1.807) is 0 Å². The average Bonchev–Trinajstić information content (AvgIpc) is 2.47. The van der Waals surface area contributed by atoms with Gasteiger partial charge in [0.15, 0.2) is 0 Å². The SMILES string of the molecule is CC(C)c1cn2c(n1)C(C)CC(N)C2. The first-order valence-electron chi connectivity index (χ1n) is 5.40. The third-order valence-corrected chi connectivity index (χ3v) is 2.95. The highest BCUT2D eigenvalue weighted by molar-refractivity contribution is 5.13. The fraction of sp³-hybridized carbons (Fsp3) is 0.727. The van der Waals surface area contributed by atoms with Crippen LogP contribution in [0, 0.1) is 0 Å². The summed E-state index contributed by atoms with van der Waals surface area (Å²) in [6, 6.07) is 0.298. The van der Waals surface area contributed by atoms with E-state index in [1.807, 2.05) is 0 Å². The van der Waals surface area contributed by atoms with Crippen LogP contribution in [0.4, 0.5) is 0 Å². The van der Waals surface area contributed by atoms with Crippen LogP contribution in [0.3, 0.4) is 0 Å². The van der Waals surface area contributed by atoms with Crippen LogP contribution < -0.4 is 5.73 Å². The maximum absolute atomic E-state index is 5.98. The molecule has 0 amide bonds. The van der Waals surface area contributed by atoms with Crippen LogP contribution >= 0.6 is 0 Å². The number of fused-ring (bicyclic) bond motifs is 1. The highest BCUT2D eigenvalue weighted by Crippen LogP contribution is 2.27. The van der Waals surface area contributed by atoms with Crippen molar-refractivity contribution in [2.24, 2.45) is 5.73 Å². The first-order chi connectivity index (χ1) is 6.58. The Morgan fingerprint density at radius 1 is 1.57 bits per heavy atom. The Labute approximate surface area is 85.3 Å². The molecule has 2 rings (SSSR count). The van der Waals surface area contributed by atoms with E-state index < -0.39 is 0 Å². The lowest BCUT2D eigenvalue weighted by Gasteiger charge is -2.25. The summed E-state index contributed by atoms with van der Waals surface area (Å²) in [5.74, 6) is 2.23. The third-order valence-electron chi connectivity index (χ3n) is 2.95. The molecular formula is C11H19N3. The molecule has 1 aliphatic heterocycles. The van der Waals surface area contributed by atoms with Crippen molar-refractivity contribution in [1.82, 2.24) is 9.55 Å². The molecule has 0 aromatic carbocycles. The van der Waals surface area contributed by atoms with E-state index in [1.165, 1.54) is 11.5 Å². The van der Waals surface area contributed by atoms with E-state index in [-0.39, 0.29) is 0 Å². The van der Waals surface area contributed by atoms with Gasteiger partial charge in [-0.2, -0.15) is 0 Å². The number of hydrogen-bond donors (Lipinski definition) is 1. The number of nitrogens with two attached hydrogens (primary N) is 1. The summed E-state index contributed by atoms with van der Waals surface area (Å²) < 4.78 is 2.23. The molecule has 78 valence electrons. The maximum atomic E-state index is 5.98. The Morgan fingerprint density at radius 2 is 2.29 bits per heavy atom. The minimum absolute atomic E-state index is 0.298. The van der Waals surface area contributed by atoms with Gasteiger partial charge in [-0.25, -0.2) is 4.98 Å². The molecule has 0 saturated heterocycles. The van der Waals surface area contributed by atoms with Crippen LogP contribution in [-0.4, -0.2) is 15.6 Å². The van der Waals surface area contributed by atoms with Crippen LogP contribution in [0.2, 0.25) is 0 Å². The molecule has 0 fully saturated rings. The first kappa shape index (κ1) is 9.71. The molecule has 2 atom stereocenters. The molecule has 0 radical (unpaired) electrons. The quantitative estimate of drug-likeness (QED) is 0.739. The summed E-state index contributed by atoms with van der Waals surface area (Å²) in [6.07, 6.45) is 3.23. The van der Waals surface area contributed by atoms with Crippen molar-refractivity contribution >= 4 is 0 Å². The Kier molecular flexibility index (Phi) is 2.35. The second-order valence-corrected chi connectivity index (χ2v) is 4.73. The highest BCUT2D eigenvalue weighted by atomic mass is 15.1. The van der Waals surface area contributed by atoms with Crippen molar-refractivity contribution in [2.45, 2.75) is 51.6 Å². The zero-order valence-corrected chi connectivity index (χ0v) is 9.20. The van der Waals surface area contributed by atoms with Crippen LogP contribution in [0.15, 0.2) is 6.20 Å². The molecule has 1 aromatic heterocycles. The van der Waals surface area contributed by atoms with Gasteiger partial charge < -0.3 is 10.3 Å². The molecule has 2 heterocycles. The molecular weight excluding hydrogens is 174 g/mol. The number of rotatable bonds is 1. The topological polar surface area (TPSA) is 43.8 Å². The number of aromatic nitrogens is 2. The van der Waals surface area contributed by atoms with Gasteiger partial charge in [-0.1, -0.05) is 20.8 Å². The van der Waals surface area contributed by atoms with Gasteiger partial charge in [-0.15, -0.1) is 0 Å². The standard InChI is InChI=1S/C11H19N3/c1-7(2)10-6-14-5-9(12)4-8(3)11(14)13-10/h6-9H,4-5,12H2,1-3H3. The number of imidazole rings is 1. The lowest BCUT2D eigenvalue weighted by molar-refractivity contribution is 0.407. The Balaban J connectivity index is 2.35. The summed E-state index contributed by atoms with van der Waals surface area (Å²) in [5.41, 5.74) is 7.17. The molecule has 0 spiro atoms. The Morgan fingerprint density at radius 3 is 2.93 bits per heavy atom. The van der Waals surface area contributed by atoms with Gasteiger partial charge in [0.1, 0.15) is 5.82 Å². The van der Waals surface area contributed by atoms with Crippen molar-refractivity contribution in [3.05, 3.63) is 17.7 Å². The predicted octanol–water partition coefficient (Wildman–Crippen LogP) is 1.84. The van der Waals surface area contributed by atoms with Crippen molar-refractivity contribution in [3.63, 3.8) is 0 Å². The molecule has 0 saturated carbocycles. The summed E-state index contributed by atoms with van der Waals surface area (Å²) in [7, 11) is 0. The van der Waals surface area contributed by atoms with Crippen LogP contribution in [0.1, 0.15) is 50.5 Å². The predicted molar refractivity (Wildman–Crippen MR) is 57.3 cm³/mol. The molecule has 3 heteroatoms. The molecule has 14 heavy (non-hydrogen) atoms. The third kappa shape index (κ3) is 1.57. The van der Waals surface area contributed by atoms with Gasteiger partial charge in [-0.05, 0) is 12.3 Å². The summed E-state index contributed by atoms with van der Waals surface area (Å²) in [5, 5.41) is 0. The van der Waals surface area contributed by atoms with Crippen molar-refractivity contribution < 1.29 is 0 Å². The average molecular weight is 193 g/mol. The van der Waals surface area contributed by atoms with Gasteiger partial charge in [0.25, 0.3) is 0 Å². The minimum Gasteiger partial charge on any atom is -0.333 e. The fourth-order valence-corrected chi connectivity index (χ4v) is 2.16. The van der Waals surface area contributed by atoms with E-state index in [9.17, 15) is 0 Å². The van der Waals surface area contributed by atoms with Gasteiger partial charge in [0.2, 0.25) is 0 Å². The highest BCUT2D eigenvalue weighted by Gasteiger charge is 2.24. The van der Waals surface area contributed by atoms with Crippen molar-refractivity contribution in [1.29, 1.82) is 0 Å². The molecule has 3 nitrogen and oxygen atoms in total. The van der Waals surface area contributed by atoms with Crippen molar-refractivity contribution in [2.75, 3.05) is 0 Å². The normalized spacial score (nSPS) is 26.6. The summed E-state index contributed by atoms with van der Waals surface area (Å²) in [6.45, 7) is 7.50. The largest absolute Gasteiger partial charge is 0.333 e. The molecule has 2 N–H and O–H groups in total. The lowest BCUT2D eigenvalue weighted by Crippen LogP contribution is -2.33. The van der Waals surface area contributed by atoms with E-state index in [4.69, 9.17) is 5.73 Å². The van der Waals surface area contributed by atoms with Gasteiger partial charge in [0, 0.05) is 24.7 Å². The first-order valence-corrected chi connectivity index (χ1v) is 5.40. The lowest BCUT2D eigenvalue weighted by atomic mass is 9.98. The van der Waals surface area contributed by atoms with Crippen LogP contribution in [-0.2, 0) is 6.54 Å². The van der Waals surface area contributed by atoms with Gasteiger partial charge in [-0.3, -0.25) is 0 Å². The van der Waals surface area contributed by atoms with E-state index in [2.05, 4.69) is 36.5 Å². The molecule has 1 aromatic rings.